The number of carboxylic acids is 1. The molecule has 1 atom stereocenters. The van der Waals surface area contributed by atoms with Gasteiger partial charge in [-0.1, -0.05) is 12.1 Å². The van der Waals surface area contributed by atoms with Gasteiger partial charge in [0.25, 0.3) is 0 Å². The van der Waals surface area contributed by atoms with Crippen LogP contribution in [0.1, 0.15) is 19.4 Å². The first-order chi connectivity index (χ1) is 9.02. The van der Waals surface area contributed by atoms with E-state index in [2.05, 4.69) is 5.32 Å². The molecule has 1 aromatic rings. The van der Waals surface area contributed by atoms with Crippen molar-refractivity contribution in [3.05, 3.63) is 35.9 Å². The molecule has 0 bridgehead atoms. The largest absolute Gasteiger partial charge is 0.494 e. The van der Waals surface area contributed by atoms with E-state index in [1.165, 1.54) is 13.0 Å². The summed E-state index contributed by atoms with van der Waals surface area (Å²) >= 11 is 0. The molecule has 1 aromatic carbocycles. The number of carbonyl (C=O) groups excluding carboxylic acids is 1. The van der Waals surface area contributed by atoms with Crippen LogP contribution in [0, 0.1) is 0 Å². The Balaban J connectivity index is 2.56. The number of hydrogen-bond acceptors (Lipinski definition) is 3. The highest BCUT2D eigenvalue weighted by Crippen LogP contribution is 2.12. The van der Waals surface area contributed by atoms with E-state index in [1.54, 1.807) is 18.2 Å². The number of carbonyl (C=O) groups is 2. The van der Waals surface area contributed by atoms with Crippen molar-refractivity contribution in [2.75, 3.05) is 6.61 Å². The molecule has 0 heterocycles. The summed E-state index contributed by atoms with van der Waals surface area (Å²) in [5.41, 5.74) is 0.835. The average molecular weight is 263 g/mol. The van der Waals surface area contributed by atoms with Crippen molar-refractivity contribution in [3.8, 4) is 5.75 Å². The van der Waals surface area contributed by atoms with Gasteiger partial charge in [-0.25, -0.2) is 0 Å². The quantitative estimate of drug-likeness (QED) is 0.766. The second-order valence-corrected chi connectivity index (χ2v) is 3.90. The maximum absolute atomic E-state index is 11.4. The van der Waals surface area contributed by atoms with E-state index in [4.69, 9.17) is 9.84 Å². The van der Waals surface area contributed by atoms with Crippen LogP contribution in [0.4, 0.5) is 0 Å². The molecule has 2 N–H and O–H groups in total. The molecule has 0 aliphatic heterocycles. The number of carboxylic acid groups (broad SMARTS) is 1. The Morgan fingerprint density at radius 3 is 2.53 bits per heavy atom. The van der Waals surface area contributed by atoms with E-state index >= 15 is 0 Å². The first-order valence-electron chi connectivity index (χ1n) is 5.97. The van der Waals surface area contributed by atoms with E-state index in [1.807, 2.05) is 19.1 Å². The summed E-state index contributed by atoms with van der Waals surface area (Å²) in [6.07, 6.45) is 2.91. The average Bonchev–Trinajstić information content (AvgIpc) is 2.38. The lowest BCUT2D eigenvalue weighted by Crippen LogP contribution is -2.37. The zero-order valence-electron chi connectivity index (χ0n) is 10.9. The van der Waals surface area contributed by atoms with Gasteiger partial charge < -0.3 is 15.2 Å². The highest BCUT2D eigenvalue weighted by Gasteiger charge is 2.11. The van der Waals surface area contributed by atoms with Gasteiger partial charge in [0.15, 0.2) is 0 Å². The van der Waals surface area contributed by atoms with Gasteiger partial charge in [0.2, 0.25) is 5.91 Å². The topological polar surface area (TPSA) is 75.6 Å². The van der Waals surface area contributed by atoms with Gasteiger partial charge in [0.05, 0.1) is 6.61 Å². The van der Waals surface area contributed by atoms with Crippen LogP contribution in [0.2, 0.25) is 0 Å². The summed E-state index contributed by atoms with van der Waals surface area (Å²) in [4.78, 5) is 22.0. The zero-order chi connectivity index (χ0) is 14.3. The second kappa shape index (κ2) is 7.20. The van der Waals surface area contributed by atoms with Crippen molar-refractivity contribution in [3.63, 3.8) is 0 Å². The molecule has 0 aliphatic rings. The summed E-state index contributed by atoms with van der Waals surface area (Å²) in [5.74, 6) is -0.741. The molecule has 0 spiro atoms. The van der Waals surface area contributed by atoms with Gasteiger partial charge in [0, 0.05) is 6.08 Å². The summed E-state index contributed by atoms with van der Waals surface area (Å²) in [7, 11) is 0. The fourth-order valence-corrected chi connectivity index (χ4v) is 1.34. The Morgan fingerprint density at radius 2 is 2.00 bits per heavy atom. The van der Waals surface area contributed by atoms with Crippen LogP contribution in [0.25, 0.3) is 6.08 Å². The molecular weight excluding hydrogens is 246 g/mol. The van der Waals surface area contributed by atoms with E-state index in [0.29, 0.717) is 6.61 Å². The second-order valence-electron chi connectivity index (χ2n) is 3.90. The van der Waals surface area contributed by atoms with E-state index in [0.717, 1.165) is 11.3 Å². The Morgan fingerprint density at radius 1 is 1.37 bits per heavy atom. The monoisotopic (exact) mass is 263 g/mol. The first-order valence-corrected chi connectivity index (χ1v) is 5.97. The van der Waals surface area contributed by atoms with Crippen LogP contribution in [0.5, 0.6) is 5.75 Å². The van der Waals surface area contributed by atoms with Crippen LogP contribution in [0.15, 0.2) is 30.3 Å². The maximum Gasteiger partial charge on any atom is 0.325 e. The molecule has 5 heteroatoms. The van der Waals surface area contributed by atoms with Crippen molar-refractivity contribution >= 4 is 18.0 Å². The molecular formula is C14H17NO4. The molecule has 0 fully saturated rings. The molecule has 5 nitrogen and oxygen atoms in total. The van der Waals surface area contributed by atoms with Gasteiger partial charge in [-0.05, 0) is 37.6 Å². The molecule has 0 saturated heterocycles. The molecule has 0 aliphatic carbocycles. The molecule has 0 saturated carbocycles. The maximum atomic E-state index is 11.4. The smallest absolute Gasteiger partial charge is 0.325 e. The van der Waals surface area contributed by atoms with Crippen LogP contribution in [0.3, 0.4) is 0 Å². The van der Waals surface area contributed by atoms with Crippen molar-refractivity contribution in [1.29, 1.82) is 0 Å². The van der Waals surface area contributed by atoms with Gasteiger partial charge in [0.1, 0.15) is 11.8 Å². The zero-order valence-corrected chi connectivity index (χ0v) is 10.9. The number of rotatable bonds is 6. The molecule has 1 rings (SSSR count). The Labute approximate surface area is 111 Å². The third-order valence-corrected chi connectivity index (χ3v) is 2.35. The van der Waals surface area contributed by atoms with Crippen LogP contribution in [-0.4, -0.2) is 29.6 Å². The van der Waals surface area contributed by atoms with E-state index in [9.17, 15) is 9.59 Å². The number of hydrogen-bond donors (Lipinski definition) is 2. The minimum atomic E-state index is -1.07. The lowest BCUT2D eigenvalue weighted by molar-refractivity contribution is -0.140. The van der Waals surface area contributed by atoms with Gasteiger partial charge in [-0.3, -0.25) is 9.59 Å². The summed E-state index contributed by atoms with van der Waals surface area (Å²) in [6.45, 7) is 3.91. The minimum absolute atomic E-state index is 0.441. The fourth-order valence-electron chi connectivity index (χ4n) is 1.34. The standard InChI is InChI=1S/C14H17NO4/c1-3-19-12-7-4-11(5-8-12)6-9-13(16)15-10(2)14(17)18/h4-10H,3H2,1-2H3,(H,15,16)(H,17,18)/b9-6+/t10-/m0/s1. The summed E-state index contributed by atoms with van der Waals surface area (Å²) in [6, 6.07) is 6.34. The number of benzene rings is 1. The molecule has 19 heavy (non-hydrogen) atoms. The first kappa shape index (κ1) is 14.8. The van der Waals surface area contributed by atoms with Gasteiger partial charge >= 0.3 is 5.97 Å². The fraction of sp³-hybridized carbons (Fsp3) is 0.286. The van der Waals surface area contributed by atoms with E-state index < -0.39 is 17.9 Å². The van der Waals surface area contributed by atoms with Crippen molar-refractivity contribution < 1.29 is 19.4 Å². The van der Waals surface area contributed by atoms with Crippen molar-refractivity contribution in [2.24, 2.45) is 0 Å². The highest BCUT2D eigenvalue weighted by atomic mass is 16.5. The Hall–Kier alpha value is -2.30. The highest BCUT2D eigenvalue weighted by molar-refractivity contribution is 5.94. The normalized spacial score (nSPS) is 12.1. The number of aliphatic carboxylic acids is 1. The number of amides is 1. The Kier molecular flexibility index (Phi) is 5.60. The van der Waals surface area contributed by atoms with Crippen LogP contribution >= 0.6 is 0 Å². The molecule has 1 amide bonds. The molecule has 0 unspecified atom stereocenters. The van der Waals surface area contributed by atoms with Crippen LogP contribution < -0.4 is 10.1 Å². The number of nitrogens with one attached hydrogen (secondary N) is 1. The minimum Gasteiger partial charge on any atom is -0.494 e. The summed E-state index contributed by atoms with van der Waals surface area (Å²) < 4.78 is 5.30. The third-order valence-electron chi connectivity index (χ3n) is 2.35. The predicted molar refractivity (Wildman–Crippen MR) is 71.9 cm³/mol. The van der Waals surface area contributed by atoms with Crippen molar-refractivity contribution in [2.45, 2.75) is 19.9 Å². The molecule has 0 aromatic heterocycles. The van der Waals surface area contributed by atoms with Crippen LogP contribution in [-0.2, 0) is 9.59 Å². The lowest BCUT2D eigenvalue weighted by atomic mass is 10.2. The number of ether oxygens (including phenoxy) is 1. The predicted octanol–water partition coefficient (Wildman–Crippen LogP) is 1.69. The molecule has 102 valence electrons. The van der Waals surface area contributed by atoms with Gasteiger partial charge in [-0.15, -0.1) is 0 Å². The van der Waals surface area contributed by atoms with E-state index in [-0.39, 0.29) is 0 Å². The van der Waals surface area contributed by atoms with Crippen molar-refractivity contribution in [1.82, 2.24) is 5.32 Å². The SMILES string of the molecule is CCOc1ccc(/C=C/C(=O)N[C@@H](C)C(=O)O)cc1. The lowest BCUT2D eigenvalue weighted by Gasteiger charge is -2.06. The third kappa shape index (κ3) is 5.25. The summed E-state index contributed by atoms with van der Waals surface area (Å²) in [5, 5.41) is 11.0. The molecule has 0 radical (unpaired) electrons. The van der Waals surface area contributed by atoms with Gasteiger partial charge in [-0.2, -0.15) is 0 Å². The Bertz CT molecular complexity index is 465.